The second-order valence-electron chi connectivity index (χ2n) is 6.80. The van der Waals surface area contributed by atoms with Gasteiger partial charge in [0.25, 0.3) is 0 Å². The van der Waals surface area contributed by atoms with Crippen LogP contribution >= 0.6 is 0 Å². The van der Waals surface area contributed by atoms with Crippen molar-refractivity contribution in [2.75, 3.05) is 0 Å². The van der Waals surface area contributed by atoms with Crippen molar-refractivity contribution in [3.05, 3.63) is 11.1 Å². The molecule has 2 saturated carbocycles. The normalized spacial score (nSPS) is 50.6. The number of aliphatic hydroxyl groups is 1. The topological polar surface area (TPSA) is 57.5 Å². The lowest BCUT2D eigenvalue weighted by Gasteiger charge is -2.42. The second-order valence-corrected chi connectivity index (χ2v) is 6.80. The van der Waals surface area contributed by atoms with Gasteiger partial charge in [0.05, 0.1) is 11.7 Å². The van der Waals surface area contributed by atoms with Gasteiger partial charge in [-0.1, -0.05) is 19.4 Å². The molecule has 2 N–H and O–H groups in total. The maximum atomic E-state index is 11.4. The maximum Gasteiger partial charge on any atom is 0.334 e. The lowest BCUT2D eigenvalue weighted by molar-refractivity contribution is -0.134. The molecule has 0 aliphatic heterocycles. The van der Waals surface area contributed by atoms with Gasteiger partial charge in [-0.15, -0.1) is 0 Å². The minimum absolute atomic E-state index is 0.0421. The zero-order valence-corrected chi connectivity index (χ0v) is 11.4. The maximum absolute atomic E-state index is 11.4. The lowest BCUT2D eigenvalue weighted by atomic mass is 9.62. The number of hydrogen-bond acceptors (Lipinski definition) is 2. The molecule has 0 bridgehead atoms. The molecule has 0 radical (unpaired) electrons. The molecule has 5 atom stereocenters. The molecule has 0 saturated heterocycles. The van der Waals surface area contributed by atoms with Gasteiger partial charge in [-0.3, -0.25) is 0 Å². The summed E-state index contributed by atoms with van der Waals surface area (Å²) in [6.07, 6.45) is 3.52. The first kappa shape index (κ1) is 12.2. The summed E-state index contributed by atoms with van der Waals surface area (Å²) in [5, 5.41) is 19.9. The third kappa shape index (κ3) is 1.04. The van der Waals surface area contributed by atoms with Crippen LogP contribution in [0.4, 0.5) is 0 Å². The molecule has 3 nitrogen and oxygen atoms in total. The van der Waals surface area contributed by atoms with E-state index in [9.17, 15) is 15.0 Å². The zero-order valence-electron chi connectivity index (χ0n) is 11.4. The van der Waals surface area contributed by atoms with Crippen molar-refractivity contribution in [1.82, 2.24) is 0 Å². The van der Waals surface area contributed by atoms with Crippen LogP contribution in [0.1, 0.15) is 46.5 Å². The summed E-state index contributed by atoms with van der Waals surface area (Å²) in [7, 11) is 0. The molecular formula is C15H22O3. The molecular weight excluding hydrogens is 228 g/mol. The molecule has 3 aliphatic carbocycles. The van der Waals surface area contributed by atoms with Crippen LogP contribution in [0.25, 0.3) is 0 Å². The van der Waals surface area contributed by atoms with Crippen molar-refractivity contribution in [3.63, 3.8) is 0 Å². The minimum Gasteiger partial charge on any atom is -0.478 e. The van der Waals surface area contributed by atoms with Gasteiger partial charge in [0, 0.05) is 10.8 Å². The van der Waals surface area contributed by atoms with E-state index in [4.69, 9.17) is 0 Å². The fraction of sp³-hybridized carbons (Fsp3) is 0.800. The Morgan fingerprint density at radius 1 is 1.33 bits per heavy atom. The Morgan fingerprint density at radius 3 is 2.61 bits per heavy atom. The number of rotatable bonds is 1. The smallest absolute Gasteiger partial charge is 0.334 e. The van der Waals surface area contributed by atoms with Crippen molar-refractivity contribution in [2.24, 2.45) is 22.7 Å². The fourth-order valence-corrected chi connectivity index (χ4v) is 5.56. The summed E-state index contributed by atoms with van der Waals surface area (Å²) in [6.45, 7) is 6.34. The molecule has 18 heavy (non-hydrogen) atoms. The highest BCUT2D eigenvalue weighted by molar-refractivity contribution is 5.90. The molecule has 1 spiro atoms. The summed E-state index contributed by atoms with van der Waals surface area (Å²) in [5.41, 5.74) is 0.966. The van der Waals surface area contributed by atoms with E-state index in [0.717, 1.165) is 31.3 Å². The number of carbonyl (C=O) groups is 1. The highest BCUT2D eigenvalue weighted by atomic mass is 16.4. The van der Waals surface area contributed by atoms with Gasteiger partial charge in [0.2, 0.25) is 0 Å². The second kappa shape index (κ2) is 3.38. The van der Waals surface area contributed by atoms with Crippen LogP contribution in [0.3, 0.4) is 0 Å². The molecule has 0 aromatic carbocycles. The van der Waals surface area contributed by atoms with E-state index in [1.54, 1.807) is 0 Å². The van der Waals surface area contributed by atoms with Crippen LogP contribution in [0, 0.1) is 22.7 Å². The van der Waals surface area contributed by atoms with Crippen LogP contribution in [-0.4, -0.2) is 22.3 Å². The van der Waals surface area contributed by atoms with Crippen molar-refractivity contribution >= 4 is 5.97 Å². The molecule has 3 heteroatoms. The number of aliphatic hydroxyl groups excluding tert-OH is 1. The average molecular weight is 250 g/mol. The largest absolute Gasteiger partial charge is 0.478 e. The first-order valence-electron chi connectivity index (χ1n) is 6.99. The zero-order chi connectivity index (χ0) is 13.3. The molecule has 0 amide bonds. The van der Waals surface area contributed by atoms with Gasteiger partial charge >= 0.3 is 5.97 Å². The number of hydrogen-bond donors (Lipinski definition) is 2. The Labute approximate surface area is 108 Å². The quantitative estimate of drug-likeness (QED) is 0.752. The van der Waals surface area contributed by atoms with Crippen molar-refractivity contribution < 1.29 is 15.0 Å². The fourth-order valence-electron chi connectivity index (χ4n) is 5.56. The van der Waals surface area contributed by atoms with Crippen LogP contribution < -0.4 is 0 Å². The van der Waals surface area contributed by atoms with Crippen molar-refractivity contribution in [1.29, 1.82) is 0 Å². The number of carboxylic acid groups (broad SMARTS) is 1. The minimum atomic E-state index is -0.927. The van der Waals surface area contributed by atoms with Crippen LogP contribution in [0.15, 0.2) is 11.1 Å². The van der Waals surface area contributed by atoms with E-state index in [-0.39, 0.29) is 16.4 Å². The summed E-state index contributed by atoms with van der Waals surface area (Å²) < 4.78 is 0. The Morgan fingerprint density at radius 2 is 2.00 bits per heavy atom. The van der Waals surface area contributed by atoms with E-state index in [0.29, 0.717) is 11.8 Å². The summed E-state index contributed by atoms with van der Waals surface area (Å²) in [4.78, 5) is 11.4. The number of allylic oxidation sites excluding steroid dienone is 1. The van der Waals surface area contributed by atoms with E-state index in [1.807, 2.05) is 6.92 Å². The molecule has 3 aliphatic rings. The van der Waals surface area contributed by atoms with E-state index in [1.165, 1.54) is 0 Å². The third-order valence-electron chi connectivity index (χ3n) is 6.49. The SMILES string of the molecule is CC1=C(C(=O)O)C(O)C2(C)CCC3C(C)CCC132. The third-order valence-corrected chi connectivity index (χ3v) is 6.49. The highest BCUT2D eigenvalue weighted by Crippen LogP contribution is 2.73. The lowest BCUT2D eigenvalue weighted by Crippen LogP contribution is -2.41. The first-order chi connectivity index (χ1) is 8.36. The highest BCUT2D eigenvalue weighted by Gasteiger charge is 2.69. The number of aliphatic carboxylic acids is 1. The summed E-state index contributed by atoms with van der Waals surface area (Å²) in [6, 6.07) is 0. The van der Waals surface area contributed by atoms with Gasteiger partial charge in [0.15, 0.2) is 0 Å². The van der Waals surface area contributed by atoms with E-state index in [2.05, 4.69) is 13.8 Å². The average Bonchev–Trinajstić information content (AvgIpc) is 2.82. The summed E-state index contributed by atoms with van der Waals surface area (Å²) >= 11 is 0. The Kier molecular flexibility index (Phi) is 2.30. The molecule has 0 aromatic heterocycles. The van der Waals surface area contributed by atoms with Gasteiger partial charge in [0.1, 0.15) is 0 Å². The van der Waals surface area contributed by atoms with E-state index >= 15 is 0 Å². The Hall–Kier alpha value is -0.830. The molecule has 5 unspecified atom stereocenters. The molecule has 0 aromatic rings. The standard InChI is InChI=1S/C15H22O3/c1-8-4-7-15-9(2)11(13(17)18)12(16)14(15,3)6-5-10(8)15/h8,10,12,16H,4-7H2,1-3H3,(H,17,18). The number of carboxylic acids is 1. The van der Waals surface area contributed by atoms with Crippen molar-refractivity contribution in [2.45, 2.75) is 52.6 Å². The Balaban J connectivity index is 2.20. The monoisotopic (exact) mass is 250 g/mol. The summed E-state index contributed by atoms with van der Waals surface area (Å²) in [5.74, 6) is 0.291. The first-order valence-corrected chi connectivity index (χ1v) is 6.99. The van der Waals surface area contributed by atoms with Gasteiger partial charge in [-0.2, -0.15) is 0 Å². The molecule has 0 heterocycles. The molecule has 2 fully saturated rings. The van der Waals surface area contributed by atoms with E-state index < -0.39 is 12.1 Å². The van der Waals surface area contributed by atoms with Crippen LogP contribution in [0.2, 0.25) is 0 Å². The van der Waals surface area contributed by atoms with Crippen LogP contribution in [0.5, 0.6) is 0 Å². The van der Waals surface area contributed by atoms with Crippen molar-refractivity contribution in [3.8, 4) is 0 Å². The Bertz CT molecular complexity index is 453. The molecule has 100 valence electrons. The predicted molar refractivity (Wildman–Crippen MR) is 68.0 cm³/mol. The van der Waals surface area contributed by atoms with Gasteiger partial charge in [-0.25, -0.2) is 4.79 Å². The molecule has 3 rings (SSSR count). The van der Waals surface area contributed by atoms with Gasteiger partial charge < -0.3 is 10.2 Å². The predicted octanol–water partition coefficient (Wildman–Crippen LogP) is 2.59. The van der Waals surface area contributed by atoms with Gasteiger partial charge in [-0.05, 0) is 44.4 Å². The van der Waals surface area contributed by atoms with Crippen LogP contribution in [-0.2, 0) is 4.79 Å².